The molecule has 3 aromatic carbocycles. The molecular weight excluding hydrogens is 515 g/mol. The summed E-state index contributed by atoms with van der Waals surface area (Å²) in [6.45, 7) is 11.8. The monoisotopic (exact) mass is 556 g/mol. The molecule has 1 heterocycles. The first-order valence-corrected chi connectivity index (χ1v) is 15.3. The van der Waals surface area contributed by atoms with Crippen LogP contribution in [0.2, 0.25) is 0 Å². The average molecular weight is 557 g/mol. The molecule has 2 unspecified atom stereocenters. The van der Waals surface area contributed by atoms with Gasteiger partial charge in [-0.05, 0) is 68.6 Å². The highest BCUT2D eigenvalue weighted by Crippen LogP contribution is 2.37. The number of carbonyl (C=O) groups is 1. The molecule has 1 amide bonds. The largest absolute Gasteiger partial charge is 0.496 e. The fraction of sp³-hybridized carbons (Fsp3) is 0.333. The summed E-state index contributed by atoms with van der Waals surface area (Å²) in [6.07, 6.45) is 2.09. The number of nitrogens with two attached hydrogens (primary N) is 1. The van der Waals surface area contributed by atoms with E-state index in [1.807, 2.05) is 56.3 Å². The number of methoxy groups -OCH3 is 1. The molecule has 1 saturated heterocycles. The molecule has 40 heavy (non-hydrogen) atoms. The third-order valence-corrected chi connectivity index (χ3v) is 8.87. The Bertz CT molecular complexity index is 1350. The maximum atomic E-state index is 13.9. The van der Waals surface area contributed by atoms with Crippen LogP contribution in [0.3, 0.4) is 0 Å². The van der Waals surface area contributed by atoms with Gasteiger partial charge in [-0.15, -0.1) is 0 Å². The molecule has 0 aliphatic carbocycles. The van der Waals surface area contributed by atoms with Gasteiger partial charge in [0, 0.05) is 24.0 Å². The lowest BCUT2D eigenvalue weighted by molar-refractivity contribution is -0.134. The van der Waals surface area contributed by atoms with Gasteiger partial charge in [-0.2, -0.15) is 0 Å². The Labute approximate surface area is 240 Å². The van der Waals surface area contributed by atoms with Gasteiger partial charge in [-0.1, -0.05) is 75.8 Å². The number of piperidine rings is 1. The summed E-state index contributed by atoms with van der Waals surface area (Å²) >= 11 is 0. The Morgan fingerprint density at radius 1 is 1.12 bits per heavy atom. The number of nitrogens with one attached hydrogen (secondary N) is 1. The van der Waals surface area contributed by atoms with Crippen molar-refractivity contribution in [3.63, 3.8) is 0 Å². The zero-order chi connectivity index (χ0) is 28.7. The molecule has 0 saturated carbocycles. The molecule has 1 aliphatic heterocycles. The predicted octanol–water partition coefficient (Wildman–Crippen LogP) is 5.32. The summed E-state index contributed by atoms with van der Waals surface area (Å²) in [5, 5.41) is 4.43. The molecule has 6 nitrogen and oxygen atoms in total. The zero-order valence-electron chi connectivity index (χ0n) is 24.0. The summed E-state index contributed by atoms with van der Waals surface area (Å²) in [4.78, 5) is 20.7. The van der Waals surface area contributed by atoms with Gasteiger partial charge in [0.2, 0.25) is 5.91 Å². The number of ether oxygens (including phenoxy) is 1. The van der Waals surface area contributed by atoms with Gasteiger partial charge in [-0.3, -0.25) is 4.79 Å². The second-order valence-corrected chi connectivity index (χ2v) is 11.6. The van der Waals surface area contributed by atoms with Crippen LogP contribution >= 0.6 is 8.58 Å². The standard InChI is InChI=1S/C33H41N4O2P/c1-23-20-29(39-4)30(40-5)21-28(23)31(34)36-25(3)37-18-16-33(17-19-37,22-26-12-8-6-9-13-26)32(38)35-24(2)27-14-10-7-11-15-27/h6-15,20-21,24,40H,3,16-19,22H2,1-2,4-5H3,(H2,34,36)(H,35,38). The molecule has 2 atom stereocenters. The van der Waals surface area contributed by atoms with E-state index in [0.29, 0.717) is 52.6 Å². The van der Waals surface area contributed by atoms with E-state index in [9.17, 15) is 4.79 Å². The zero-order valence-corrected chi connectivity index (χ0v) is 25.0. The van der Waals surface area contributed by atoms with Crippen LogP contribution in [0.4, 0.5) is 0 Å². The number of likely N-dealkylation sites (tertiary alicyclic amines) is 1. The van der Waals surface area contributed by atoms with E-state index >= 15 is 0 Å². The Morgan fingerprint density at radius 3 is 2.35 bits per heavy atom. The van der Waals surface area contributed by atoms with Crippen molar-refractivity contribution in [3.8, 4) is 5.75 Å². The van der Waals surface area contributed by atoms with Crippen LogP contribution < -0.4 is 21.1 Å². The van der Waals surface area contributed by atoms with Gasteiger partial charge >= 0.3 is 0 Å². The lowest BCUT2D eigenvalue weighted by atomic mass is 9.72. The van der Waals surface area contributed by atoms with Gasteiger partial charge < -0.3 is 20.7 Å². The molecule has 1 aliphatic rings. The van der Waals surface area contributed by atoms with Crippen molar-refractivity contribution in [2.24, 2.45) is 16.1 Å². The highest BCUT2D eigenvalue weighted by Gasteiger charge is 2.42. The van der Waals surface area contributed by atoms with E-state index < -0.39 is 5.41 Å². The van der Waals surface area contributed by atoms with Crippen LogP contribution in [-0.2, 0) is 11.2 Å². The van der Waals surface area contributed by atoms with Crippen LogP contribution in [-0.4, -0.2) is 43.5 Å². The van der Waals surface area contributed by atoms with Crippen LogP contribution in [0, 0.1) is 12.3 Å². The van der Waals surface area contributed by atoms with Gasteiger partial charge in [0.1, 0.15) is 17.4 Å². The average Bonchev–Trinajstić information content (AvgIpc) is 2.98. The number of rotatable bonds is 10. The Balaban J connectivity index is 1.51. The molecule has 4 rings (SSSR count). The minimum absolute atomic E-state index is 0.0694. The lowest BCUT2D eigenvalue weighted by Gasteiger charge is -2.42. The van der Waals surface area contributed by atoms with Crippen molar-refractivity contribution < 1.29 is 9.53 Å². The Morgan fingerprint density at radius 2 is 1.75 bits per heavy atom. The molecule has 0 bridgehead atoms. The summed E-state index contributed by atoms with van der Waals surface area (Å²) in [7, 11) is 2.27. The first-order chi connectivity index (χ1) is 19.3. The predicted molar refractivity (Wildman–Crippen MR) is 168 cm³/mol. The van der Waals surface area contributed by atoms with E-state index in [2.05, 4.69) is 53.8 Å². The maximum Gasteiger partial charge on any atom is 0.227 e. The number of aliphatic imine (C=N–C) groups is 1. The van der Waals surface area contributed by atoms with E-state index in [0.717, 1.165) is 27.7 Å². The number of amides is 1. The van der Waals surface area contributed by atoms with Crippen molar-refractivity contribution >= 4 is 25.6 Å². The summed E-state index contributed by atoms with van der Waals surface area (Å²) in [6, 6.07) is 24.4. The van der Waals surface area contributed by atoms with E-state index in [1.165, 1.54) is 5.56 Å². The van der Waals surface area contributed by atoms with Crippen LogP contribution in [0.5, 0.6) is 5.75 Å². The van der Waals surface area contributed by atoms with Gasteiger partial charge in [0.15, 0.2) is 0 Å². The lowest BCUT2D eigenvalue weighted by Crippen LogP contribution is -2.50. The van der Waals surface area contributed by atoms with Crippen molar-refractivity contribution in [1.82, 2.24) is 10.2 Å². The van der Waals surface area contributed by atoms with E-state index in [4.69, 9.17) is 15.5 Å². The van der Waals surface area contributed by atoms with Crippen LogP contribution in [0.1, 0.15) is 48.1 Å². The molecule has 7 heteroatoms. The van der Waals surface area contributed by atoms with Crippen LogP contribution in [0.15, 0.2) is 90.2 Å². The number of amidine groups is 1. The quantitative estimate of drug-likeness (QED) is 0.201. The second kappa shape index (κ2) is 13.1. The minimum Gasteiger partial charge on any atom is -0.496 e. The fourth-order valence-corrected chi connectivity index (χ4v) is 6.14. The maximum absolute atomic E-state index is 13.9. The third-order valence-electron chi connectivity index (χ3n) is 7.94. The fourth-order valence-electron chi connectivity index (χ4n) is 5.43. The Hall–Kier alpha value is -3.63. The smallest absolute Gasteiger partial charge is 0.227 e. The summed E-state index contributed by atoms with van der Waals surface area (Å²) < 4.78 is 5.53. The van der Waals surface area contributed by atoms with Gasteiger partial charge in [0.05, 0.1) is 18.6 Å². The normalized spacial score (nSPS) is 16.1. The van der Waals surface area contributed by atoms with Gasteiger partial charge in [-0.25, -0.2) is 4.99 Å². The highest BCUT2D eigenvalue weighted by molar-refractivity contribution is 7.46. The molecule has 3 aromatic rings. The second-order valence-electron chi connectivity index (χ2n) is 10.6. The number of hydrogen-bond acceptors (Lipinski definition) is 4. The summed E-state index contributed by atoms with van der Waals surface area (Å²) in [5.41, 5.74) is 10.2. The molecular formula is C33H41N4O2P. The highest BCUT2D eigenvalue weighted by atomic mass is 31.1. The van der Waals surface area contributed by atoms with E-state index in [-0.39, 0.29) is 11.9 Å². The summed E-state index contributed by atoms with van der Waals surface area (Å²) in [5.74, 6) is 2.04. The molecule has 3 N–H and O–H groups in total. The first-order valence-electron chi connectivity index (χ1n) is 13.8. The van der Waals surface area contributed by atoms with Crippen LogP contribution in [0.25, 0.3) is 0 Å². The number of carbonyl (C=O) groups excluding carboxylic acids is 1. The Kier molecular flexibility index (Phi) is 9.65. The van der Waals surface area contributed by atoms with Gasteiger partial charge in [0.25, 0.3) is 0 Å². The molecule has 0 radical (unpaired) electrons. The number of hydrogen-bond donors (Lipinski definition) is 2. The number of aryl methyl sites for hydroxylation is 1. The van der Waals surface area contributed by atoms with E-state index in [1.54, 1.807) is 7.11 Å². The first kappa shape index (κ1) is 29.4. The number of nitrogens with zero attached hydrogens (tertiary/aromatic N) is 2. The third kappa shape index (κ3) is 6.74. The molecule has 0 spiro atoms. The molecule has 1 fully saturated rings. The van der Waals surface area contributed by atoms with Crippen molar-refractivity contribution in [2.45, 2.75) is 39.2 Å². The molecule has 210 valence electrons. The topological polar surface area (TPSA) is 80.0 Å². The van der Waals surface area contributed by atoms with Crippen molar-refractivity contribution in [1.29, 1.82) is 0 Å². The molecule has 0 aromatic heterocycles. The van der Waals surface area contributed by atoms with Crippen molar-refractivity contribution in [2.75, 3.05) is 26.9 Å². The number of benzene rings is 3. The van der Waals surface area contributed by atoms with Crippen molar-refractivity contribution in [3.05, 3.63) is 107 Å². The minimum atomic E-state index is -0.514. The SMILES string of the molecule is C=C(/N=C(/N)c1cc(PC)c(OC)cc1C)N1CCC(Cc2ccccc2)(C(=O)NC(C)c2ccccc2)CC1.